The Labute approximate surface area is 223 Å². The zero-order chi connectivity index (χ0) is 25.6. The highest BCUT2D eigenvalue weighted by Crippen LogP contribution is 2.37. The van der Waals surface area contributed by atoms with Gasteiger partial charge in [0.1, 0.15) is 11.2 Å². The summed E-state index contributed by atoms with van der Waals surface area (Å²) in [4.78, 5) is 0. The van der Waals surface area contributed by atoms with E-state index in [1.807, 2.05) is 0 Å². The number of rotatable bonds is 4. The van der Waals surface area contributed by atoms with Crippen LogP contribution in [0.1, 0.15) is 25.3 Å². The summed E-state index contributed by atoms with van der Waals surface area (Å²) in [5.74, 6) is 0.545. The molecule has 6 aromatic carbocycles. The highest BCUT2D eigenvalue weighted by atomic mass is 16.3. The summed E-state index contributed by atoms with van der Waals surface area (Å²) in [6.45, 7) is 4.46. The molecular weight excluding hydrogens is 460 g/mol. The fourth-order valence-corrected chi connectivity index (χ4v) is 5.52. The number of furan rings is 1. The molecule has 0 aliphatic heterocycles. The van der Waals surface area contributed by atoms with Crippen molar-refractivity contribution in [1.82, 2.24) is 0 Å². The average molecular weight is 489 g/mol. The molecule has 1 heterocycles. The van der Waals surface area contributed by atoms with E-state index < -0.39 is 0 Å². The fourth-order valence-electron chi connectivity index (χ4n) is 5.52. The van der Waals surface area contributed by atoms with Crippen molar-refractivity contribution >= 4 is 32.7 Å². The number of fused-ring (bicyclic) bond motifs is 4. The Balaban J connectivity index is 1.28. The van der Waals surface area contributed by atoms with E-state index in [9.17, 15) is 0 Å². The van der Waals surface area contributed by atoms with E-state index in [2.05, 4.69) is 141 Å². The molecule has 1 nitrogen and oxygen atoms in total. The van der Waals surface area contributed by atoms with Gasteiger partial charge >= 0.3 is 0 Å². The summed E-state index contributed by atoms with van der Waals surface area (Å²) in [5, 5.41) is 4.81. The number of hydrogen-bond acceptors (Lipinski definition) is 1. The van der Waals surface area contributed by atoms with Gasteiger partial charge in [-0.15, -0.1) is 0 Å². The maximum atomic E-state index is 6.22. The lowest BCUT2D eigenvalue weighted by Gasteiger charge is -2.08. The van der Waals surface area contributed by atoms with E-state index in [1.54, 1.807) is 0 Å². The van der Waals surface area contributed by atoms with E-state index in [0.29, 0.717) is 5.92 Å². The quantitative estimate of drug-likeness (QED) is 0.240. The molecular formula is C37H28O. The molecule has 0 spiro atoms. The van der Waals surface area contributed by atoms with Crippen LogP contribution in [-0.4, -0.2) is 0 Å². The summed E-state index contributed by atoms with van der Waals surface area (Å²) in [5.41, 5.74) is 10.5. The van der Waals surface area contributed by atoms with Crippen LogP contribution in [0.2, 0.25) is 0 Å². The van der Waals surface area contributed by atoms with Crippen LogP contribution in [0.4, 0.5) is 0 Å². The molecule has 1 aromatic heterocycles. The summed E-state index contributed by atoms with van der Waals surface area (Å²) in [6.07, 6.45) is 0. The molecule has 0 N–H and O–H groups in total. The van der Waals surface area contributed by atoms with Gasteiger partial charge in [-0.3, -0.25) is 0 Å². The third-order valence-corrected chi connectivity index (χ3v) is 7.70. The Morgan fingerprint density at radius 2 is 0.974 bits per heavy atom. The second kappa shape index (κ2) is 9.04. The van der Waals surface area contributed by atoms with Gasteiger partial charge in [0.25, 0.3) is 0 Å². The van der Waals surface area contributed by atoms with Crippen LogP contribution in [0.3, 0.4) is 0 Å². The van der Waals surface area contributed by atoms with Crippen LogP contribution in [0, 0.1) is 0 Å². The third kappa shape index (κ3) is 3.88. The van der Waals surface area contributed by atoms with Crippen molar-refractivity contribution in [3.05, 3.63) is 133 Å². The second-order valence-corrected chi connectivity index (χ2v) is 10.4. The summed E-state index contributed by atoms with van der Waals surface area (Å²) < 4.78 is 6.22. The average Bonchev–Trinajstić information content (AvgIpc) is 3.34. The van der Waals surface area contributed by atoms with Crippen LogP contribution >= 0.6 is 0 Å². The highest BCUT2D eigenvalue weighted by molar-refractivity contribution is 6.08. The Kier molecular flexibility index (Phi) is 5.37. The van der Waals surface area contributed by atoms with Gasteiger partial charge in [0.05, 0.1) is 0 Å². The zero-order valence-electron chi connectivity index (χ0n) is 21.6. The maximum absolute atomic E-state index is 6.22. The van der Waals surface area contributed by atoms with E-state index >= 15 is 0 Å². The van der Waals surface area contributed by atoms with E-state index in [-0.39, 0.29) is 0 Å². The fraction of sp³-hybridized carbons (Fsp3) is 0.0811. The van der Waals surface area contributed by atoms with Crippen molar-refractivity contribution in [2.75, 3.05) is 0 Å². The molecule has 0 radical (unpaired) electrons. The smallest absolute Gasteiger partial charge is 0.135 e. The predicted octanol–water partition coefficient (Wildman–Crippen LogP) is 10.9. The van der Waals surface area contributed by atoms with Gasteiger partial charge in [0.2, 0.25) is 0 Å². The van der Waals surface area contributed by atoms with Crippen LogP contribution in [0.25, 0.3) is 66.1 Å². The molecule has 182 valence electrons. The predicted molar refractivity (Wildman–Crippen MR) is 162 cm³/mol. The minimum absolute atomic E-state index is 0.545. The first kappa shape index (κ1) is 22.6. The second-order valence-electron chi connectivity index (χ2n) is 10.4. The first-order valence-corrected chi connectivity index (χ1v) is 13.3. The first-order chi connectivity index (χ1) is 18.6. The van der Waals surface area contributed by atoms with Crippen LogP contribution < -0.4 is 0 Å². The zero-order valence-corrected chi connectivity index (χ0v) is 21.6. The Bertz CT molecular complexity index is 1910. The maximum Gasteiger partial charge on any atom is 0.135 e. The molecule has 0 aliphatic rings. The molecule has 0 amide bonds. The van der Waals surface area contributed by atoms with Crippen molar-refractivity contribution in [1.29, 1.82) is 0 Å². The van der Waals surface area contributed by atoms with Crippen molar-refractivity contribution in [2.45, 2.75) is 19.8 Å². The lowest BCUT2D eigenvalue weighted by atomic mass is 9.96. The van der Waals surface area contributed by atoms with Crippen LogP contribution in [0.5, 0.6) is 0 Å². The van der Waals surface area contributed by atoms with Gasteiger partial charge < -0.3 is 4.42 Å². The molecule has 38 heavy (non-hydrogen) atoms. The minimum Gasteiger partial charge on any atom is -0.456 e. The topological polar surface area (TPSA) is 13.1 Å². The van der Waals surface area contributed by atoms with Crippen molar-refractivity contribution in [2.24, 2.45) is 0 Å². The lowest BCUT2D eigenvalue weighted by Crippen LogP contribution is -1.87. The Hall–Kier alpha value is -4.62. The van der Waals surface area contributed by atoms with E-state index in [0.717, 1.165) is 21.9 Å². The number of benzene rings is 6. The molecule has 0 fully saturated rings. The Morgan fingerprint density at radius 3 is 1.66 bits per heavy atom. The van der Waals surface area contributed by atoms with E-state index in [1.165, 1.54) is 49.7 Å². The van der Waals surface area contributed by atoms with Crippen LogP contribution in [-0.2, 0) is 0 Å². The molecule has 7 rings (SSSR count). The number of hydrogen-bond donors (Lipinski definition) is 0. The molecule has 0 saturated heterocycles. The van der Waals surface area contributed by atoms with Crippen molar-refractivity contribution in [3.63, 3.8) is 0 Å². The molecule has 0 bridgehead atoms. The van der Waals surface area contributed by atoms with Gasteiger partial charge in [-0.1, -0.05) is 117 Å². The van der Waals surface area contributed by atoms with Gasteiger partial charge in [0.15, 0.2) is 0 Å². The van der Waals surface area contributed by atoms with Gasteiger partial charge in [-0.05, 0) is 79.9 Å². The molecule has 0 atom stereocenters. The third-order valence-electron chi connectivity index (χ3n) is 7.70. The normalized spacial score (nSPS) is 11.7. The molecule has 7 aromatic rings. The minimum atomic E-state index is 0.545. The summed E-state index contributed by atoms with van der Waals surface area (Å²) in [7, 11) is 0. The first-order valence-electron chi connectivity index (χ1n) is 13.3. The van der Waals surface area contributed by atoms with Gasteiger partial charge in [0, 0.05) is 10.8 Å². The molecule has 0 unspecified atom stereocenters. The van der Waals surface area contributed by atoms with Crippen LogP contribution in [0.15, 0.2) is 132 Å². The van der Waals surface area contributed by atoms with E-state index in [4.69, 9.17) is 4.42 Å². The Morgan fingerprint density at radius 1 is 0.447 bits per heavy atom. The SMILES string of the molecule is CC(C)c1ccc(-c2ccc(-c3ccc4oc5ccc(-c6cccc7ccccc67)cc5c4c3)cc2)cc1. The monoisotopic (exact) mass is 488 g/mol. The van der Waals surface area contributed by atoms with Gasteiger partial charge in [-0.25, -0.2) is 0 Å². The van der Waals surface area contributed by atoms with Gasteiger partial charge in [-0.2, -0.15) is 0 Å². The summed E-state index contributed by atoms with van der Waals surface area (Å²) >= 11 is 0. The largest absolute Gasteiger partial charge is 0.456 e. The molecule has 0 aliphatic carbocycles. The highest BCUT2D eigenvalue weighted by Gasteiger charge is 2.12. The molecule has 0 saturated carbocycles. The van der Waals surface area contributed by atoms with Crippen molar-refractivity contribution in [3.8, 4) is 33.4 Å². The summed E-state index contributed by atoms with van der Waals surface area (Å²) in [6, 6.07) is 45.9. The van der Waals surface area contributed by atoms with Crippen molar-refractivity contribution < 1.29 is 4.42 Å². The lowest BCUT2D eigenvalue weighted by molar-refractivity contribution is 0.669. The molecule has 1 heteroatoms. The standard InChI is InChI=1S/C37H28O/c1-24(2)25-10-12-26(13-11-25)27-14-16-28(17-15-27)30-18-20-36-34(22-30)35-23-31(19-21-37(35)38-36)33-9-5-7-29-6-3-4-8-32(29)33/h3-24H,1-2H3.